The Labute approximate surface area is 389 Å². The van der Waals surface area contributed by atoms with Crippen molar-refractivity contribution in [1.82, 2.24) is 0 Å². The molecule has 314 valence electrons. The van der Waals surface area contributed by atoms with E-state index in [1.54, 1.807) is 0 Å². The molecule has 0 saturated heterocycles. The highest BCUT2D eigenvalue weighted by molar-refractivity contribution is 6.02. The van der Waals surface area contributed by atoms with Gasteiger partial charge in [0.2, 0.25) is 0 Å². The number of hydrogen-bond donors (Lipinski definition) is 0. The molecule has 1 heteroatoms. The van der Waals surface area contributed by atoms with Crippen molar-refractivity contribution in [3.05, 3.63) is 279 Å². The molecular weight excluding hydrogens is 795 g/mol. The third-order valence-electron chi connectivity index (χ3n) is 12.4. The molecule has 0 N–H and O–H groups in total. The molecule has 10 aromatic rings. The Morgan fingerprint density at radius 3 is 1.48 bits per heavy atom. The summed E-state index contributed by atoms with van der Waals surface area (Å²) >= 11 is 0. The lowest BCUT2D eigenvalue weighted by Crippen LogP contribution is -2.13. The first-order chi connectivity index (χ1) is 32.6. The average Bonchev–Trinajstić information content (AvgIpc) is 3.40. The molecule has 0 bridgehead atoms. The van der Waals surface area contributed by atoms with E-state index in [0.717, 1.165) is 56.0 Å². The largest absolute Gasteiger partial charge is 0.309 e. The minimum absolute atomic E-state index is 1.06. The molecule has 0 atom stereocenters. The normalized spacial score (nSPS) is 11.5. The van der Waals surface area contributed by atoms with Crippen LogP contribution in [0.25, 0.3) is 83.1 Å². The fraction of sp³-hybridized carbons (Fsp3) is 0.0154. The Morgan fingerprint density at radius 1 is 0.364 bits per heavy atom. The van der Waals surface area contributed by atoms with E-state index < -0.39 is 0 Å². The van der Waals surface area contributed by atoms with Gasteiger partial charge in [0.1, 0.15) is 0 Å². The van der Waals surface area contributed by atoms with Crippen LogP contribution in [0.15, 0.2) is 274 Å². The zero-order valence-corrected chi connectivity index (χ0v) is 37.1. The van der Waals surface area contributed by atoms with Crippen molar-refractivity contribution in [2.45, 2.75) is 6.92 Å². The van der Waals surface area contributed by atoms with Crippen LogP contribution in [0.5, 0.6) is 0 Å². The van der Waals surface area contributed by atoms with Gasteiger partial charge in [-0.05, 0) is 127 Å². The Kier molecular flexibility index (Phi) is 12.0. The lowest BCUT2D eigenvalue weighted by atomic mass is 9.89. The van der Waals surface area contributed by atoms with Gasteiger partial charge in [0.05, 0.1) is 11.4 Å². The van der Waals surface area contributed by atoms with E-state index in [9.17, 15) is 0 Å². The lowest BCUT2D eigenvalue weighted by molar-refractivity contribution is 1.28. The van der Waals surface area contributed by atoms with E-state index in [2.05, 4.69) is 267 Å². The predicted molar refractivity (Wildman–Crippen MR) is 284 cm³/mol. The molecule has 1 nitrogen and oxygen atoms in total. The van der Waals surface area contributed by atoms with Gasteiger partial charge in [0.15, 0.2) is 0 Å². The molecule has 0 aliphatic rings. The Morgan fingerprint density at radius 2 is 0.848 bits per heavy atom. The number of nitrogens with zero attached hydrogens (tertiary/aromatic N) is 1. The summed E-state index contributed by atoms with van der Waals surface area (Å²) < 4.78 is 0. The van der Waals surface area contributed by atoms with Crippen molar-refractivity contribution in [3.63, 3.8) is 0 Å². The second kappa shape index (κ2) is 19.1. The standard InChI is InChI=1S/C65H49N/c1-3-4-9-21-47(2)54-37-42-64(61(44-54)52-26-14-7-15-27-52)66(65-43-38-56(48-22-10-5-11-23-48)45-62(65)53-28-16-8-17-29-53)57-39-34-49(35-40-57)55-36-41-59(50-24-12-6-13-25-50)63(46-55)60-33-20-31-51-30-18-19-32-58(51)60/h3-46H,1H2,2H3/b9-4-,47-21+. The van der Waals surface area contributed by atoms with Gasteiger partial charge in [-0.25, -0.2) is 0 Å². The van der Waals surface area contributed by atoms with Gasteiger partial charge >= 0.3 is 0 Å². The molecular formula is C65H49N. The van der Waals surface area contributed by atoms with Crippen LogP contribution in [0, 0.1) is 0 Å². The smallest absolute Gasteiger partial charge is 0.0540 e. The summed E-state index contributed by atoms with van der Waals surface area (Å²) in [6.07, 6.45) is 7.97. The molecule has 0 radical (unpaired) electrons. The van der Waals surface area contributed by atoms with Crippen molar-refractivity contribution in [2.75, 3.05) is 4.90 Å². The zero-order chi connectivity index (χ0) is 44.7. The summed E-state index contributed by atoms with van der Waals surface area (Å²) in [4.78, 5) is 2.45. The number of hydrogen-bond acceptors (Lipinski definition) is 1. The van der Waals surface area contributed by atoms with E-state index >= 15 is 0 Å². The molecule has 0 aliphatic carbocycles. The fourth-order valence-electron chi connectivity index (χ4n) is 9.08. The fourth-order valence-corrected chi connectivity index (χ4v) is 9.08. The van der Waals surface area contributed by atoms with Crippen LogP contribution in [0.4, 0.5) is 17.1 Å². The van der Waals surface area contributed by atoms with Crippen LogP contribution in [0.1, 0.15) is 12.5 Å². The molecule has 0 aromatic heterocycles. The summed E-state index contributed by atoms with van der Waals surface area (Å²) in [5, 5.41) is 2.47. The van der Waals surface area contributed by atoms with Gasteiger partial charge < -0.3 is 4.90 Å². The van der Waals surface area contributed by atoms with E-state index in [0.29, 0.717) is 0 Å². The van der Waals surface area contributed by atoms with Crippen molar-refractivity contribution in [2.24, 2.45) is 0 Å². The molecule has 0 saturated carbocycles. The van der Waals surface area contributed by atoms with E-state index in [4.69, 9.17) is 0 Å². The molecule has 10 aromatic carbocycles. The maximum absolute atomic E-state index is 3.87. The minimum atomic E-state index is 1.06. The van der Waals surface area contributed by atoms with Gasteiger partial charge in [0, 0.05) is 16.8 Å². The van der Waals surface area contributed by atoms with Gasteiger partial charge in [-0.3, -0.25) is 0 Å². The summed E-state index contributed by atoms with van der Waals surface area (Å²) in [6.45, 7) is 6.03. The van der Waals surface area contributed by atoms with E-state index in [-0.39, 0.29) is 0 Å². The summed E-state index contributed by atoms with van der Waals surface area (Å²) in [5.74, 6) is 0. The highest BCUT2D eigenvalue weighted by atomic mass is 15.1. The number of anilines is 3. The monoisotopic (exact) mass is 843 g/mol. The number of fused-ring (bicyclic) bond motifs is 1. The van der Waals surface area contributed by atoms with E-state index in [1.807, 2.05) is 18.2 Å². The number of rotatable bonds is 12. The molecule has 0 unspecified atom stereocenters. The predicted octanol–water partition coefficient (Wildman–Crippen LogP) is 18.5. The third kappa shape index (κ3) is 8.59. The van der Waals surface area contributed by atoms with Crippen LogP contribution in [0.2, 0.25) is 0 Å². The van der Waals surface area contributed by atoms with Crippen molar-refractivity contribution in [3.8, 4) is 66.8 Å². The van der Waals surface area contributed by atoms with Crippen LogP contribution in [0.3, 0.4) is 0 Å². The van der Waals surface area contributed by atoms with Crippen LogP contribution < -0.4 is 4.90 Å². The summed E-state index contributed by atoms with van der Waals surface area (Å²) in [5.41, 5.74) is 19.6. The SMILES string of the molecule is C=C/C=C\C=C(/C)c1ccc(N(c2ccc(-c3ccc(-c4ccccc4)c(-c4cccc5ccccc45)c3)cc2)c2ccc(-c3ccccc3)cc2-c2ccccc2)c(-c2ccccc2)c1. The average molecular weight is 844 g/mol. The van der Waals surface area contributed by atoms with Gasteiger partial charge in [-0.15, -0.1) is 0 Å². The second-order valence-electron chi connectivity index (χ2n) is 16.6. The first-order valence-electron chi connectivity index (χ1n) is 22.6. The molecule has 66 heavy (non-hydrogen) atoms. The molecule has 0 amide bonds. The van der Waals surface area contributed by atoms with Crippen molar-refractivity contribution < 1.29 is 0 Å². The second-order valence-corrected chi connectivity index (χ2v) is 16.6. The van der Waals surface area contributed by atoms with Crippen LogP contribution >= 0.6 is 0 Å². The summed E-state index contributed by atoms with van der Waals surface area (Å²) in [6, 6.07) is 88.1. The Bertz CT molecular complexity index is 3340. The first-order valence-corrected chi connectivity index (χ1v) is 22.6. The maximum atomic E-state index is 3.87. The number of benzene rings is 10. The zero-order valence-electron chi connectivity index (χ0n) is 37.1. The van der Waals surface area contributed by atoms with Gasteiger partial charge in [-0.1, -0.05) is 231 Å². The molecule has 0 fully saturated rings. The molecule has 0 heterocycles. The molecule has 0 aliphatic heterocycles. The topological polar surface area (TPSA) is 3.24 Å². The highest BCUT2D eigenvalue weighted by Crippen LogP contribution is 2.47. The quantitative estimate of drug-likeness (QED) is 0.111. The Hall–Kier alpha value is -8.52. The van der Waals surface area contributed by atoms with Crippen molar-refractivity contribution >= 4 is 33.4 Å². The van der Waals surface area contributed by atoms with Crippen LogP contribution in [-0.2, 0) is 0 Å². The number of allylic oxidation sites excluding steroid dienone is 5. The minimum Gasteiger partial charge on any atom is -0.309 e. The third-order valence-corrected chi connectivity index (χ3v) is 12.4. The van der Waals surface area contributed by atoms with Crippen molar-refractivity contribution in [1.29, 1.82) is 0 Å². The maximum Gasteiger partial charge on any atom is 0.0540 e. The summed E-state index contributed by atoms with van der Waals surface area (Å²) in [7, 11) is 0. The Balaban J connectivity index is 1.17. The van der Waals surface area contributed by atoms with Gasteiger partial charge in [-0.2, -0.15) is 0 Å². The van der Waals surface area contributed by atoms with Crippen LogP contribution in [-0.4, -0.2) is 0 Å². The lowest BCUT2D eigenvalue weighted by Gasteiger charge is -2.31. The molecule has 10 rings (SSSR count). The molecule has 0 spiro atoms. The first kappa shape index (κ1) is 41.5. The van der Waals surface area contributed by atoms with Gasteiger partial charge in [0.25, 0.3) is 0 Å². The highest BCUT2D eigenvalue weighted by Gasteiger charge is 2.22. The van der Waals surface area contributed by atoms with E-state index in [1.165, 1.54) is 49.7 Å².